The van der Waals surface area contributed by atoms with Gasteiger partial charge in [-0.2, -0.15) is 0 Å². The number of pyridine rings is 1. The molecule has 0 bridgehead atoms. The number of nitrogens with zero attached hydrogens (tertiary/aromatic N) is 4. The van der Waals surface area contributed by atoms with Crippen LogP contribution in [0.3, 0.4) is 0 Å². The molecule has 0 fully saturated rings. The number of hydrogen-bond acceptors (Lipinski definition) is 5. The van der Waals surface area contributed by atoms with E-state index in [-0.39, 0.29) is 12.2 Å². The maximum Gasteiger partial charge on any atom is 0.358 e. The molecule has 0 saturated carbocycles. The molecule has 0 atom stereocenters. The van der Waals surface area contributed by atoms with E-state index in [1.165, 1.54) is 4.68 Å². The average molecular weight is 262 g/mol. The van der Waals surface area contributed by atoms with Crippen LogP contribution >= 0.6 is 0 Å². The van der Waals surface area contributed by atoms with Crippen LogP contribution in [0.5, 0.6) is 0 Å². The number of aromatic nitrogens is 4. The van der Waals surface area contributed by atoms with Gasteiger partial charge < -0.3 is 10.2 Å². The summed E-state index contributed by atoms with van der Waals surface area (Å²) >= 11 is 0. The Morgan fingerprint density at radius 1 is 1.37 bits per heavy atom. The molecule has 2 N–H and O–H groups in total. The molecular weight excluding hydrogens is 248 g/mol. The Bertz CT molecular complexity index is 587. The lowest BCUT2D eigenvalue weighted by Crippen LogP contribution is -2.27. The molecule has 2 aromatic rings. The van der Waals surface area contributed by atoms with E-state index in [0.717, 1.165) is 0 Å². The standard InChI is InChI=1S/C12H14N4O3/c1-12(2,19)7-16-10(8-3-5-13-6-4-8)9(11(17)18)14-15-16/h3-6,19H,7H2,1-2H3,(H,17,18). The summed E-state index contributed by atoms with van der Waals surface area (Å²) in [5.74, 6) is -1.16. The first kappa shape index (κ1) is 13.2. The fraction of sp³-hybridized carbons (Fsp3) is 0.333. The van der Waals surface area contributed by atoms with Gasteiger partial charge in [0.1, 0.15) is 5.69 Å². The maximum absolute atomic E-state index is 11.2. The van der Waals surface area contributed by atoms with Crippen molar-refractivity contribution in [2.75, 3.05) is 0 Å². The largest absolute Gasteiger partial charge is 0.476 e. The molecular formula is C12H14N4O3. The molecule has 0 aromatic carbocycles. The predicted octanol–water partition coefficient (Wildman–Crippen LogP) is 0.809. The second-order valence-corrected chi connectivity index (χ2v) is 4.80. The topological polar surface area (TPSA) is 101 Å². The number of aromatic carboxylic acids is 1. The van der Waals surface area contributed by atoms with E-state index < -0.39 is 11.6 Å². The first-order chi connectivity index (χ1) is 8.88. The second kappa shape index (κ2) is 4.77. The van der Waals surface area contributed by atoms with Gasteiger partial charge in [0.2, 0.25) is 0 Å². The van der Waals surface area contributed by atoms with Crippen LogP contribution in [0.15, 0.2) is 24.5 Å². The number of carboxylic acids is 1. The minimum Gasteiger partial charge on any atom is -0.476 e. The third-order valence-corrected chi connectivity index (χ3v) is 2.43. The Balaban J connectivity index is 2.55. The molecule has 0 aliphatic heterocycles. The number of rotatable bonds is 4. The minimum atomic E-state index is -1.16. The van der Waals surface area contributed by atoms with Crippen molar-refractivity contribution in [2.24, 2.45) is 0 Å². The monoisotopic (exact) mass is 262 g/mol. The van der Waals surface area contributed by atoms with Crippen molar-refractivity contribution in [1.82, 2.24) is 20.0 Å². The summed E-state index contributed by atoms with van der Waals surface area (Å²) < 4.78 is 1.39. The summed E-state index contributed by atoms with van der Waals surface area (Å²) in [5.41, 5.74) is -0.167. The highest BCUT2D eigenvalue weighted by Gasteiger charge is 2.24. The molecule has 7 heteroatoms. The summed E-state index contributed by atoms with van der Waals surface area (Å²) in [6, 6.07) is 3.35. The van der Waals surface area contributed by atoms with Crippen LogP contribution < -0.4 is 0 Å². The summed E-state index contributed by atoms with van der Waals surface area (Å²) in [6.45, 7) is 3.38. The van der Waals surface area contributed by atoms with Crippen molar-refractivity contribution in [1.29, 1.82) is 0 Å². The van der Waals surface area contributed by atoms with Gasteiger partial charge in [-0.25, -0.2) is 9.48 Å². The Hall–Kier alpha value is -2.28. The minimum absolute atomic E-state index is 0.143. The number of aliphatic hydroxyl groups is 1. The Morgan fingerprint density at radius 2 is 2.00 bits per heavy atom. The van der Waals surface area contributed by atoms with E-state index in [0.29, 0.717) is 11.3 Å². The first-order valence-electron chi connectivity index (χ1n) is 5.68. The van der Waals surface area contributed by atoms with Gasteiger partial charge in [0, 0.05) is 18.0 Å². The zero-order valence-corrected chi connectivity index (χ0v) is 10.6. The van der Waals surface area contributed by atoms with Crippen LogP contribution in [-0.4, -0.2) is 41.8 Å². The fourth-order valence-electron chi connectivity index (χ4n) is 1.73. The van der Waals surface area contributed by atoms with Gasteiger partial charge in [0.15, 0.2) is 5.69 Å². The zero-order valence-electron chi connectivity index (χ0n) is 10.6. The van der Waals surface area contributed by atoms with Crippen LogP contribution in [0, 0.1) is 0 Å². The molecule has 19 heavy (non-hydrogen) atoms. The summed E-state index contributed by atoms with van der Waals surface area (Å²) in [7, 11) is 0. The Kier molecular flexibility index (Phi) is 3.30. The van der Waals surface area contributed by atoms with Crippen LogP contribution in [-0.2, 0) is 6.54 Å². The van der Waals surface area contributed by atoms with Crippen molar-refractivity contribution in [3.63, 3.8) is 0 Å². The van der Waals surface area contributed by atoms with E-state index in [2.05, 4.69) is 15.3 Å². The van der Waals surface area contributed by atoms with Gasteiger partial charge >= 0.3 is 5.97 Å². The number of carboxylic acid groups (broad SMARTS) is 1. The smallest absolute Gasteiger partial charge is 0.358 e. The lowest BCUT2D eigenvalue weighted by Gasteiger charge is -2.18. The van der Waals surface area contributed by atoms with Crippen molar-refractivity contribution in [3.05, 3.63) is 30.2 Å². The molecule has 0 amide bonds. The van der Waals surface area contributed by atoms with Crippen LogP contribution in [0.2, 0.25) is 0 Å². The SMILES string of the molecule is CC(C)(O)Cn1nnc(C(=O)O)c1-c1ccncc1. The third-order valence-electron chi connectivity index (χ3n) is 2.43. The van der Waals surface area contributed by atoms with E-state index in [1.807, 2.05) is 0 Å². The lowest BCUT2D eigenvalue weighted by atomic mass is 10.1. The molecule has 2 rings (SSSR count). The van der Waals surface area contributed by atoms with Gasteiger partial charge in [-0.1, -0.05) is 5.21 Å². The van der Waals surface area contributed by atoms with E-state index >= 15 is 0 Å². The summed E-state index contributed by atoms with van der Waals surface area (Å²) in [4.78, 5) is 15.1. The molecule has 0 aliphatic rings. The Labute approximate surface area is 109 Å². The quantitative estimate of drug-likeness (QED) is 0.845. The molecule has 0 spiro atoms. The molecule has 0 radical (unpaired) electrons. The molecule has 2 heterocycles. The highest BCUT2D eigenvalue weighted by Crippen LogP contribution is 2.23. The number of carbonyl (C=O) groups is 1. The molecule has 7 nitrogen and oxygen atoms in total. The highest BCUT2D eigenvalue weighted by atomic mass is 16.4. The molecule has 0 aliphatic carbocycles. The number of hydrogen-bond donors (Lipinski definition) is 2. The molecule has 0 unspecified atom stereocenters. The highest BCUT2D eigenvalue weighted by molar-refractivity contribution is 5.92. The second-order valence-electron chi connectivity index (χ2n) is 4.80. The molecule has 0 saturated heterocycles. The van der Waals surface area contributed by atoms with Gasteiger partial charge in [-0.15, -0.1) is 5.10 Å². The maximum atomic E-state index is 11.2. The summed E-state index contributed by atoms with van der Waals surface area (Å²) in [6.07, 6.45) is 3.12. The van der Waals surface area contributed by atoms with Crippen LogP contribution in [0.4, 0.5) is 0 Å². The van der Waals surface area contributed by atoms with E-state index in [1.54, 1.807) is 38.4 Å². The van der Waals surface area contributed by atoms with Crippen LogP contribution in [0.25, 0.3) is 11.3 Å². The lowest BCUT2D eigenvalue weighted by molar-refractivity contribution is 0.0575. The summed E-state index contributed by atoms with van der Waals surface area (Å²) in [5, 5.41) is 26.4. The van der Waals surface area contributed by atoms with E-state index in [9.17, 15) is 9.90 Å². The van der Waals surface area contributed by atoms with Crippen molar-refractivity contribution < 1.29 is 15.0 Å². The Morgan fingerprint density at radius 3 is 2.53 bits per heavy atom. The normalized spacial score (nSPS) is 11.5. The first-order valence-corrected chi connectivity index (χ1v) is 5.68. The fourth-order valence-corrected chi connectivity index (χ4v) is 1.73. The van der Waals surface area contributed by atoms with Gasteiger partial charge in [-0.05, 0) is 26.0 Å². The van der Waals surface area contributed by atoms with Crippen LogP contribution in [0.1, 0.15) is 24.3 Å². The van der Waals surface area contributed by atoms with Gasteiger partial charge in [0.25, 0.3) is 0 Å². The van der Waals surface area contributed by atoms with E-state index in [4.69, 9.17) is 5.11 Å². The van der Waals surface area contributed by atoms with Crippen molar-refractivity contribution in [2.45, 2.75) is 26.0 Å². The third kappa shape index (κ3) is 2.94. The zero-order chi connectivity index (χ0) is 14.0. The molecule has 2 aromatic heterocycles. The average Bonchev–Trinajstić information content (AvgIpc) is 2.71. The van der Waals surface area contributed by atoms with Crippen molar-refractivity contribution in [3.8, 4) is 11.3 Å². The van der Waals surface area contributed by atoms with Gasteiger partial charge in [0.05, 0.1) is 12.1 Å². The predicted molar refractivity (Wildman–Crippen MR) is 66.5 cm³/mol. The van der Waals surface area contributed by atoms with Gasteiger partial charge in [-0.3, -0.25) is 4.98 Å². The molecule has 100 valence electrons. The van der Waals surface area contributed by atoms with Crippen molar-refractivity contribution >= 4 is 5.97 Å².